The Kier molecular flexibility index (Phi) is 4.21. The normalized spacial score (nSPS) is 22.3. The lowest BCUT2D eigenvalue weighted by atomic mass is 9.93. The molecule has 3 N–H and O–H groups in total. The number of nitrogens with one attached hydrogen (secondary N) is 1. The standard InChI is InChI=1S/C11H14BrClN2O/c12-9-5-7(1-2-10(9)13)11(15-14)8-3-4-16-6-8/h1-2,5,8,11,15H,3-4,6,14H2. The zero-order valence-corrected chi connectivity index (χ0v) is 11.1. The number of halogens is 2. The van der Waals surface area contributed by atoms with E-state index in [4.69, 9.17) is 22.2 Å². The Labute approximate surface area is 108 Å². The number of hydrazine groups is 1. The quantitative estimate of drug-likeness (QED) is 0.667. The van der Waals surface area contributed by atoms with Crippen LogP contribution >= 0.6 is 27.5 Å². The summed E-state index contributed by atoms with van der Waals surface area (Å²) >= 11 is 9.39. The van der Waals surface area contributed by atoms with Gasteiger partial charge in [0.15, 0.2) is 0 Å². The summed E-state index contributed by atoms with van der Waals surface area (Å²) in [4.78, 5) is 0. The second kappa shape index (κ2) is 5.47. The van der Waals surface area contributed by atoms with Gasteiger partial charge in [0.2, 0.25) is 0 Å². The van der Waals surface area contributed by atoms with E-state index in [2.05, 4.69) is 21.4 Å². The molecule has 1 saturated heterocycles. The predicted octanol–water partition coefficient (Wildman–Crippen LogP) is 2.64. The molecule has 1 aliphatic rings. The second-order valence-electron chi connectivity index (χ2n) is 3.94. The van der Waals surface area contributed by atoms with Crippen molar-refractivity contribution in [3.63, 3.8) is 0 Å². The van der Waals surface area contributed by atoms with Gasteiger partial charge >= 0.3 is 0 Å². The average Bonchev–Trinajstić information content (AvgIpc) is 2.78. The summed E-state index contributed by atoms with van der Waals surface area (Å²) in [6.45, 7) is 1.58. The minimum Gasteiger partial charge on any atom is -0.381 e. The van der Waals surface area contributed by atoms with Crippen molar-refractivity contribution in [1.82, 2.24) is 5.43 Å². The molecular weight excluding hydrogens is 291 g/mol. The molecule has 1 heterocycles. The molecule has 2 rings (SSSR count). The number of hydrogen-bond acceptors (Lipinski definition) is 3. The van der Waals surface area contributed by atoms with Crippen molar-refractivity contribution in [3.05, 3.63) is 33.3 Å². The zero-order chi connectivity index (χ0) is 11.5. The van der Waals surface area contributed by atoms with Gasteiger partial charge in [-0.3, -0.25) is 11.3 Å². The highest BCUT2D eigenvalue weighted by Crippen LogP contribution is 2.32. The lowest BCUT2D eigenvalue weighted by molar-refractivity contribution is 0.177. The summed E-state index contributed by atoms with van der Waals surface area (Å²) in [5.74, 6) is 6.05. The maximum Gasteiger partial charge on any atom is 0.0548 e. The molecule has 1 aromatic carbocycles. The van der Waals surface area contributed by atoms with Gasteiger partial charge in [-0.05, 0) is 40.0 Å². The Morgan fingerprint density at radius 3 is 2.94 bits per heavy atom. The van der Waals surface area contributed by atoms with Crippen LogP contribution in [0.15, 0.2) is 22.7 Å². The van der Waals surface area contributed by atoms with E-state index in [1.54, 1.807) is 0 Å². The molecule has 0 bridgehead atoms. The highest BCUT2D eigenvalue weighted by Gasteiger charge is 2.26. The maximum atomic E-state index is 5.96. The zero-order valence-electron chi connectivity index (χ0n) is 8.75. The highest BCUT2D eigenvalue weighted by atomic mass is 79.9. The van der Waals surface area contributed by atoms with E-state index in [0.29, 0.717) is 10.9 Å². The Balaban J connectivity index is 2.22. The molecule has 88 valence electrons. The van der Waals surface area contributed by atoms with Gasteiger partial charge in [0.1, 0.15) is 0 Å². The summed E-state index contributed by atoms with van der Waals surface area (Å²) in [5, 5.41) is 0.710. The molecule has 0 spiro atoms. The molecule has 16 heavy (non-hydrogen) atoms. The van der Waals surface area contributed by atoms with Crippen LogP contribution < -0.4 is 11.3 Å². The second-order valence-corrected chi connectivity index (χ2v) is 5.20. The topological polar surface area (TPSA) is 47.3 Å². The molecule has 0 aliphatic carbocycles. The van der Waals surface area contributed by atoms with E-state index in [0.717, 1.165) is 29.7 Å². The van der Waals surface area contributed by atoms with Crippen LogP contribution in [-0.2, 0) is 4.74 Å². The third-order valence-corrected chi connectivity index (χ3v) is 4.13. The van der Waals surface area contributed by atoms with Crippen molar-refractivity contribution in [2.24, 2.45) is 11.8 Å². The third-order valence-electron chi connectivity index (χ3n) is 2.92. The van der Waals surface area contributed by atoms with E-state index in [1.165, 1.54) is 0 Å². The van der Waals surface area contributed by atoms with Gasteiger partial charge < -0.3 is 4.74 Å². The number of rotatable bonds is 3. The monoisotopic (exact) mass is 304 g/mol. The predicted molar refractivity (Wildman–Crippen MR) is 68.1 cm³/mol. The van der Waals surface area contributed by atoms with Crippen LogP contribution in [-0.4, -0.2) is 13.2 Å². The molecule has 1 aliphatic heterocycles. The fourth-order valence-electron chi connectivity index (χ4n) is 2.03. The average molecular weight is 306 g/mol. The third kappa shape index (κ3) is 2.57. The Bertz CT molecular complexity index is 369. The van der Waals surface area contributed by atoms with E-state index >= 15 is 0 Å². The highest BCUT2D eigenvalue weighted by molar-refractivity contribution is 9.10. The summed E-state index contributed by atoms with van der Waals surface area (Å²) in [6, 6.07) is 6.00. The fourth-order valence-corrected chi connectivity index (χ4v) is 2.54. The van der Waals surface area contributed by atoms with E-state index in [9.17, 15) is 0 Å². The van der Waals surface area contributed by atoms with Crippen molar-refractivity contribution in [2.75, 3.05) is 13.2 Å². The largest absolute Gasteiger partial charge is 0.381 e. The van der Waals surface area contributed by atoms with Crippen molar-refractivity contribution >= 4 is 27.5 Å². The first-order valence-corrected chi connectivity index (χ1v) is 6.38. The summed E-state index contributed by atoms with van der Waals surface area (Å²) < 4.78 is 6.28. The molecule has 0 saturated carbocycles. The number of hydrogen-bond donors (Lipinski definition) is 2. The van der Waals surface area contributed by atoms with Crippen LogP contribution in [0.5, 0.6) is 0 Å². The van der Waals surface area contributed by atoms with Crippen LogP contribution in [0.3, 0.4) is 0 Å². The van der Waals surface area contributed by atoms with Gasteiger partial charge in [0, 0.05) is 17.0 Å². The summed E-state index contributed by atoms with van der Waals surface area (Å²) in [5.41, 5.74) is 4.00. The van der Waals surface area contributed by atoms with Crippen LogP contribution in [0.4, 0.5) is 0 Å². The molecular formula is C11H14BrClN2O. The lowest BCUT2D eigenvalue weighted by Gasteiger charge is -2.22. The molecule has 2 atom stereocenters. The molecule has 3 nitrogen and oxygen atoms in total. The number of benzene rings is 1. The SMILES string of the molecule is NNC(c1ccc(Cl)c(Br)c1)C1CCOC1. The Hall–Kier alpha value is -0.130. The smallest absolute Gasteiger partial charge is 0.0548 e. The maximum absolute atomic E-state index is 5.96. The van der Waals surface area contributed by atoms with Crippen LogP contribution in [0.2, 0.25) is 5.02 Å². The molecule has 1 fully saturated rings. The van der Waals surface area contributed by atoms with Gasteiger partial charge in [0.05, 0.1) is 17.7 Å². The minimum absolute atomic E-state index is 0.121. The molecule has 0 radical (unpaired) electrons. The Morgan fingerprint density at radius 2 is 2.38 bits per heavy atom. The van der Waals surface area contributed by atoms with Crippen molar-refractivity contribution in [2.45, 2.75) is 12.5 Å². The fraction of sp³-hybridized carbons (Fsp3) is 0.455. The number of ether oxygens (including phenoxy) is 1. The number of nitrogens with two attached hydrogens (primary N) is 1. The first-order chi connectivity index (χ1) is 7.72. The van der Waals surface area contributed by atoms with Crippen LogP contribution in [0.1, 0.15) is 18.0 Å². The molecule has 0 amide bonds. The molecule has 5 heteroatoms. The minimum atomic E-state index is 0.121. The van der Waals surface area contributed by atoms with Gasteiger partial charge in [-0.25, -0.2) is 0 Å². The molecule has 1 aromatic rings. The van der Waals surface area contributed by atoms with Crippen molar-refractivity contribution < 1.29 is 4.74 Å². The van der Waals surface area contributed by atoms with E-state index < -0.39 is 0 Å². The van der Waals surface area contributed by atoms with Crippen LogP contribution in [0.25, 0.3) is 0 Å². The van der Waals surface area contributed by atoms with Gasteiger partial charge in [-0.15, -0.1) is 0 Å². The molecule has 2 unspecified atom stereocenters. The van der Waals surface area contributed by atoms with Gasteiger partial charge in [0.25, 0.3) is 0 Å². The van der Waals surface area contributed by atoms with Crippen LogP contribution in [0, 0.1) is 5.92 Å². The Morgan fingerprint density at radius 1 is 1.56 bits per heavy atom. The first kappa shape index (κ1) is 12.3. The van der Waals surface area contributed by atoms with Gasteiger partial charge in [-0.1, -0.05) is 17.7 Å². The lowest BCUT2D eigenvalue weighted by Crippen LogP contribution is -2.33. The van der Waals surface area contributed by atoms with Crippen molar-refractivity contribution in [3.8, 4) is 0 Å². The first-order valence-electron chi connectivity index (χ1n) is 5.21. The van der Waals surface area contributed by atoms with E-state index in [-0.39, 0.29) is 6.04 Å². The van der Waals surface area contributed by atoms with E-state index in [1.807, 2.05) is 18.2 Å². The van der Waals surface area contributed by atoms with Gasteiger partial charge in [-0.2, -0.15) is 0 Å². The van der Waals surface area contributed by atoms with Crippen molar-refractivity contribution in [1.29, 1.82) is 0 Å². The summed E-state index contributed by atoms with van der Waals surface area (Å²) in [7, 11) is 0. The molecule has 0 aromatic heterocycles. The summed E-state index contributed by atoms with van der Waals surface area (Å²) in [6.07, 6.45) is 1.04.